The minimum Gasteiger partial charge on any atom is -0.338 e. The van der Waals surface area contributed by atoms with E-state index < -0.39 is 0 Å². The SMILES string of the molecule is Cc1cc(C)n(Cc2cccc(C(=O)N3CCC(CN)C3)c2)n1. The molecule has 1 unspecified atom stereocenters. The van der Waals surface area contributed by atoms with Gasteiger partial charge in [-0.1, -0.05) is 12.1 Å². The lowest BCUT2D eigenvalue weighted by molar-refractivity contribution is 0.0787. The van der Waals surface area contributed by atoms with E-state index in [-0.39, 0.29) is 5.91 Å². The Morgan fingerprint density at radius 3 is 2.83 bits per heavy atom. The highest BCUT2D eigenvalue weighted by Gasteiger charge is 2.26. The van der Waals surface area contributed by atoms with E-state index in [2.05, 4.69) is 11.2 Å². The summed E-state index contributed by atoms with van der Waals surface area (Å²) in [5, 5.41) is 4.49. The van der Waals surface area contributed by atoms with Gasteiger partial charge in [-0.15, -0.1) is 0 Å². The first-order chi connectivity index (χ1) is 11.1. The van der Waals surface area contributed by atoms with Gasteiger partial charge in [-0.05, 0) is 56.5 Å². The lowest BCUT2D eigenvalue weighted by Crippen LogP contribution is -2.29. The highest BCUT2D eigenvalue weighted by molar-refractivity contribution is 5.94. The van der Waals surface area contributed by atoms with Crippen molar-refractivity contribution in [1.29, 1.82) is 0 Å². The molecule has 1 aromatic heterocycles. The third kappa shape index (κ3) is 3.45. The summed E-state index contributed by atoms with van der Waals surface area (Å²) in [6.07, 6.45) is 1.01. The van der Waals surface area contributed by atoms with Gasteiger partial charge in [0.1, 0.15) is 0 Å². The molecule has 1 aliphatic rings. The van der Waals surface area contributed by atoms with E-state index >= 15 is 0 Å². The molecule has 5 nitrogen and oxygen atoms in total. The van der Waals surface area contributed by atoms with Crippen LogP contribution in [0.25, 0.3) is 0 Å². The smallest absolute Gasteiger partial charge is 0.253 e. The molecule has 0 bridgehead atoms. The van der Waals surface area contributed by atoms with E-state index in [1.165, 1.54) is 0 Å². The largest absolute Gasteiger partial charge is 0.338 e. The monoisotopic (exact) mass is 312 g/mol. The number of benzene rings is 1. The summed E-state index contributed by atoms with van der Waals surface area (Å²) in [7, 11) is 0. The van der Waals surface area contributed by atoms with Crippen LogP contribution in [0.5, 0.6) is 0 Å². The summed E-state index contributed by atoms with van der Waals surface area (Å²) in [6, 6.07) is 9.92. The van der Waals surface area contributed by atoms with Crippen molar-refractivity contribution in [2.45, 2.75) is 26.8 Å². The second-order valence-electron chi connectivity index (χ2n) is 6.43. The van der Waals surface area contributed by atoms with Crippen LogP contribution in [0.1, 0.15) is 33.7 Å². The van der Waals surface area contributed by atoms with Crippen LogP contribution in [0, 0.1) is 19.8 Å². The van der Waals surface area contributed by atoms with Crippen molar-refractivity contribution in [3.8, 4) is 0 Å². The van der Waals surface area contributed by atoms with E-state index in [4.69, 9.17) is 5.73 Å². The number of rotatable bonds is 4. The first-order valence-electron chi connectivity index (χ1n) is 8.16. The quantitative estimate of drug-likeness (QED) is 0.939. The Morgan fingerprint density at radius 1 is 1.35 bits per heavy atom. The number of carbonyl (C=O) groups excluding carboxylic acids is 1. The molecule has 2 aromatic rings. The Kier molecular flexibility index (Phi) is 4.48. The second kappa shape index (κ2) is 6.54. The van der Waals surface area contributed by atoms with Crippen molar-refractivity contribution in [3.63, 3.8) is 0 Å². The lowest BCUT2D eigenvalue weighted by atomic mass is 10.1. The fraction of sp³-hybridized carbons (Fsp3) is 0.444. The van der Waals surface area contributed by atoms with E-state index in [9.17, 15) is 4.79 Å². The Balaban J connectivity index is 1.75. The Hall–Kier alpha value is -2.14. The highest BCUT2D eigenvalue weighted by Crippen LogP contribution is 2.18. The number of hydrogen-bond acceptors (Lipinski definition) is 3. The summed E-state index contributed by atoms with van der Waals surface area (Å²) in [5.74, 6) is 0.549. The van der Waals surface area contributed by atoms with Gasteiger partial charge in [0.15, 0.2) is 0 Å². The zero-order chi connectivity index (χ0) is 16.4. The molecule has 0 saturated carbocycles. The molecule has 1 fully saturated rings. The van der Waals surface area contributed by atoms with Gasteiger partial charge in [-0.2, -0.15) is 5.10 Å². The fourth-order valence-electron chi connectivity index (χ4n) is 3.20. The third-order valence-electron chi connectivity index (χ3n) is 4.52. The van der Waals surface area contributed by atoms with Crippen LogP contribution < -0.4 is 5.73 Å². The van der Waals surface area contributed by atoms with Crippen molar-refractivity contribution < 1.29 is 4.79 Å². The van der Waals surface area contributed by atoms with Gasteiger partial charge in [0.2, 0.25) is 0 Å². The topological polar surface area (TPSA) is 64.2 Å². The standard InChI is InChI=1S/C18H24N4O/c1-13-8-14(2)22(20-13)12-15-4-3-5-17(9-15)18(23)21-7-6-16(10-19)11-21/h3-5,8-9,16H,6-7,10-12,19H2,1-2H3. The van der Waals surface area contributed by atoms with Gasteiger partial charge in [0, 0.05) is 24.3 Å². The Bertz CT molecular complexity index is 707. The molecule has 1 atom stereocenters. The number of carbonyl (C=O) groups is 1. The molecule has 0 aliphatic carbocycles. The average molecular weight is 312 g/mol. The molecule has 2 N–H and O–H groups in total. The summed E-state index contributed by atoms with van der Waals surface area (Å²) >= 11 is 0. The third-order valence-corrected chi connectivity index (χ3v) is 4.52. The van der Waals surface area contributed by atoms with E-state index in [1.807, 2.05) is 47.7 Å². The zero-order valence-electron chi connectivity index (χ0n) is 13.8. The molecule has 1 saturated heterocycles. The molecule has 1 aromatic carbocycles. The molecule has 5 heteroatoms. The lowest BCUT2D eigenvalue weighted by Gasteiger charge is -2.17. The van der Waals surface area contributed by atoms with E-state index in [0.29, 0.717) is 19.0 Å². The summed E-state index contributed by atoms with van der Waals surface area (Å²) in [6.45, 7) is 6.96. The van der Waals surface area contributed by atoms with Crippen LogP contribution in [0.2, 0.25) is 0 Å². The van der Waals surface area contributed by atoms with Crippen LogP contribution in [0.3, 0.4) is 0 Å². The first-order valence-corrected chi connectivity index (χ1v) is 8.16. The minimum absolute atomic E-state index is 0.108. The summed E-state index contributed by atoms with van der Waals surface area (Å²) in [4.78, 5) is 14.6. The molecule has 23 heavy (non-hydrogen) atoms. The molecular weight excluding hydrogens is 288 g/mol. The summed E-state index contributed by atoms with van der Waals surface area (Å²) in [5.41, 5.74) is 9.70. The molecule has 0 radical (unpaired) electrons. The van der Waals surface area contributed by atoms with Gasteiger partial charge in [-0.25, -0.2) is 0 Å². The van der Waals surface area contributed by atoms with Crippen LogP contribution in [0.15, 0.2) is 30.3 Å². The molecule has 1 aliphatic heterocycles. The van der Waals surface area contributed by atoms with Crippen molar-refractivity contribution in [1.82, 2.24) is 14.7 Å². The Labute approximate surface area is 137 Å². The van der Waals surface area contributed by atoms with Crippen molar-refractivity contribution in [3.05, 3.63) is 52.8 Å². The van der Waals surface area contributed by atoms with Gasteiger partial charge < -0.3 is 10.6 Å². The van der Waals surface area contributed by atoms with Gasteiger partial charge in [0.05, 0.1) is 12.2 Å². The molecule has 0 spiro atoms. The van der Waals surface area contributed by atoms with Crippen LogP contribution >= 0.6 is 0 Å². The maximum absolute atomic E-state index is 12.6. The van der Waals surface area contributed by atoms with Crippen molar-refractivity contribution in [2.75, 3.05) is 19.6 Å². The number of amides is 1. The van der Waals surface area contributed by atoms with Crippen LogP contribution in [-0.4, -0.2) is 40.2 Å². The van der Waals surface area contributed by atoms with Gasteiger partial charge in [-0.3, -0.25) is 9.48 Å². The zero-order valence-corrected chi connectivity index (χ0v) is 13.8. The molecule has 122 valence electrons. The highest BCUT2D eigenvalue weighted by atomic mass is 16.2. The van der Waals surface area contributed by atoms with E-state index in [1.54, 1.807) is 0 Å². The number of aromatic nitrogens is 2. The average Bonchev–Trinajstić information content (AvgIpc) is 3.14. The molecule has 1 amide bonds. The fourth-order valence-corrected chi connectivity index (χ4v) is 3.20. The number of aryl methyl sites for hydroxylation is 2. The first kappa shape index (κ1) is 15.7. The molecule has 3 rings (SSSR count). The number of nitrogens with zero attached hydrogens (tertiary/aromatic N) is 3. The predicted octanol–water partition coefficient (Wildman–Crippen LogP) is 1.97. The van der Waals surface area contributed by atoms with Crippen molar-refractivity contribution in [2.24, 2.45) is 11.7 Å². The molecule has 2 heterocycles. The van der Waals surface area contributed by atoms with Gasteiger partial charge >= 0.3 is 0 Å². The number of hydrogen-bond donors (Lipinski definition) is 1. The van der Waals surface area contributed by atoms with Crippen molar-refractivity contribution >= 4 is 5.91 Å². The maximum Gasteiger partial charge on any atom is 0.253 e. The van der Waals surface area contributed by atoms with Crippen LogP contribution in [-0.2, 0) is 6.54 Å². The second-order valence-corrected chi connectivity index (χ2v) is 6.43. The van der Waals surface area contributed by atoms with E-state index in [0.717, 1.165) is 42.0 Å². The Morgan fingerprint density at radius 2 is 2.17 bits per heavy atom. The van der Waals surface area contributed by atoms with Gasteiger partial charge in [0.25, 0.3) is 5.91 Å². The number of likely N-dealkylation sites (tertiary alicyclic amines) is 1. The summed E-state index contributed by atoms with van der Waals surface area (Å²) < 4.78 is 1.97. The molecular formula is C18H24N4O. The predicted molar refractivity (Wildman–Crippen MR) is 90.3 cm³/mol. The number of nitrogens with two attached hydrogens (primary N) is 1. The maximum atomic E-state index is 12.6. The minimum atomic E-state index is 0.108. The normalized spacial score (nSPS) is 17.7. The van der Waals surface area contributed by atoms with Crippen LogP contribution in [0.4, 0.5) is 0 Å².